The van der Waals surface area contributed by atoms with E-state index in [9.17, 15) is 4.79 Å². The summed E-state index contributed by atoms with van der Waals surface area (Å²) >= 11 is 0. The average molecular weight is 356 g/mol. The summed E-state index contributed by atoms with van der Waals surface area (Å²) in [6, 6.07) is 6.89. The van der Waals surface area contributed by atoms with Crippen molar-refractivity contribution in [1.82, 2.24) is 20.4 Å². The number of nitrogens with one attached hydrogen (secondary N) is 2. The lowest BCUT2D eigenvalue weighted by Crippen LogP contribution is -2.44. The number of aryl methyl sites for hydroxylation is 2. The minimum Gasteiger partial charge on any atom is -0.450 e. The first-order valence-corrected chi connectivity index (χ1v) is 9.33. The van der Waals surface area contributed by atoms with E-state index in [0.717, 1.165) is 38.2 Å². The van der Waals surface area contributed by atoms with Crippen LogP contribution in [-0.2, 0) is 11.3 Å². The van der Waals surface area contributed by atoms with Crippen LogP contribution in [0.4, 0.5) is 4.79 Å². The molecule has 6 nitrogen and oxygen atoms in total. The van der Waals surface area contributed by atoms with Crippen LogP contribution < -0.4 is 5.32 Å². The third-order valence-corrected chi connectivity index (χ3v) is 5.12. The predicted molar refractivity (Wildman–Crippen MR) is 102 cm³/mol. The lowest BCUT2D eigenvalue weighted by Gasteiger charge is -2.31. The lowest BCUT2D eigenvalue weighted by molar-refractivity contribution is 0.0950. The van der Waals surface area contributed by atoms with Crippen LogP contribution in [0.5, 0.6) is 0 Å². The van der Waals surface area contributed by atoms with Crippen molar-refractivity contribution in [3.63, 3.8) is 0 Å². The maximum absolute atomic E-state index is 11.8. The van der Waals surface area contributed by atoms with Crippen LogP contribution >= 0.6 is 0 Å². The number of rotatable bonds is 5. The number of aromatic amines is 1. The van der Waals surface area contributed by atoms with Gasteiger partial charge in [-0.25, -0.2) is 4.79 Å². The number of nitrogens with zero attached hydrogens (tertiary/aromatic N) is 2. The predicted octanol–water partition coefficient (Wildman–Crippen LogP) is 3.40. The standard InChI is InChI=1S/C20H28N4O2/c1-4-26-20(25)24-9-7-18(8-10-24)21-12-17-13-22-23-19(17)16-6-5-14(2)15(3)11-16/h5-6,11,13,18,21H,4,7-10,12H2,1-3H3,(H,22,23). The van der Waals surface area contributed by atoms with Gasteiger partial charge in [-0.15, -0.1) is 0 Å². The summed E-state index contributed by atoms with van der Waals surface area (Å²) in [4.78, 5) is 13.6. The summed E-state index contributed by atoms with van der Waals surface area (Å²) in [5.41, 5.74) is 5.98. The van der Waals surface area contributed by atoms with Crippen molar-refractivity contribution in [1.29, 1.82) is 0 Å². The molecule has 1 amide bonds. The highest BCUT2D eigenvalue weighted by molar-refractivity contribution is 5.67. The largest absolute Gasteiger partial charge is 0.450 e. The van der Waals surface area contributed by atoms with Gasteiger partial charge in [-0.3, -0.25) is 5.10 Å². The molecule has 0 radical (unpaired) electrons. The molecule has 0 aliphatic carbocycles. The third-order valence-electron chi connectivity index (χ3n) is 5.12. The molecule has 0 bridgehead atoms. The molecule has 0 unspecified atom stereocenters. The van der Waals surface area contributed by atoms with Crippen LogP contribution in [0.3, 0.4) is 0 Å². The Hall–Kier alpha value is -2.34. The van der Waals surface area contributed by atoms with Crippen molar-refractivity contribution in [2.45, 2.75) is 46.2 Å². The maximum Gasteiger partial charge on any atom is 0.409 e. The smallest absolute Gasteiger partial charge is 0.409 e. The number of amides is 1. The van der Waals surface area contributed by atoms with E-state index in [1.54, 1.807) is 4.90 Å². The summed E-state index contributed by atoms with van der Waals surface area (Å²) in [6.45, 7) is 8.77. The van der Waals surface area contributed by atoms with Crippen molar-refractivity contribution in [3.8, 4) is 11.3 Å². The highest BCUT2D eigenvalue weighted by Crippen LogP contribution is 2.24. The second-order valence-corrected chi connectivity index (χ2v) is 6.91. The second kappa shape index (κ2) is 8.36. The number of carbonyl (C=O) groups is 1. The van der Waals surface area contributed by atoms with Crippen molar-refractivity contribution < 1.29 is 9.53 Å². The van der Waals surface area contributed by atoms with E-state index < -0.39 is 0 Å². The summed E-state index contributed by atoms with van der Waals surface area (Å²) in [6.07, 6.45) is 3.58. The second-order valence-electron chi connectivity index (χ2n) is 6.91. The van der Waals surface area contributed by atoms with E-state index in [4.69, 9.17) is 4.74 Å². The fourth-order valence-corrected chi connectivity index (χ4v) is 3.33. The van der Waals surface area contributed by atoms with Gasteiger partial charge in [-0.1, -0.05) is 12.1 Å². The van der Waals surface area contributed by atoms with Gasteiger partial charge >= 0.3 is 6.09 Å². The first-order valence-electron chi connectivity index (χ1n) is 9.33. The van der Waals surface area contributed by atoms with E-state index in [-0.39, 0.29) is 6.09 Å². The van der Waals surface area contributed by atoms with Crippen molar-refractivity contribution >= 4 is 6.09 Å². The molecule has 1 aliphatic heterocycles. The van der Waals surface area contributed by atoms with Crippen LogP contribution in [0.15, 0.2) is 24.4 Å². The molecule has 1 aliphatic rings. The molecule has 1 saturated heterocycles. The van der Waals surface area contributed by atoms with Gasteiger partial charge in [0.1, 0.15) is 0 Å². The Balaban J connectivity index is 1.56. The Labute approximate surface area is 154 Å². The quantitative estimate of drug-likeness (QED) is 0.861. The Morgan fingerprint density at radius 1 is 1.31 bits per heavy atom. The topological polar surface area (TPSA) is 70.2 Å². The molecule has 1 aromatic heterocycles. The van der Waals surface area contributed by atoms with Gasteiger partial charge in [-0.05, 0) is 50.8 Å². The Morgan fingerprint density at radius 3 is 2.77 bits per heavy atom. The van der Waals surface area contributed by atoms with Gasteiger partial charge in [0, 0.05) is 36.8 Å². The molecule has 2 N–H and O–H groups in total. The van der Waals surface area contributed by atoms with E-state index in [2.05, 4.69) is 47.6 Å². The minimum atomic E-state index is -0.196. The summed E-state index contributed by atoms with van der Waals surface area (Å²) in [5, 5.41) is 11.0. The summed E-state index contributed by atoms with van der Waals surface area (Å²) < 4.78 is 5.07. The number of ether oxygens (including phenoxy) is 1. The molecule has 6 heteroatoms. The fraction of sp³-hybridized carbons (Fsp3) is 0.500. The fourth-order valence-electron chi connectivity index (χ4n) is 3.33. The van der Waals surface area contributed by atoms with Crippen molar-refractivity contribution in [3.05, 3.63) is 41.1 Å². The van der Waals surface area contributed by atoms with Gasteiger partial charge in [0.15, 0.2) is 0 Å². The Kier molecular flexibility index (Phi) is 5.93. The molecule has 0 atom stereocenters. The number of piperidine rings is 1. The van der Waals surface area contributed by atoms with Crippen LogP contribution in [-0.4, -0.2) is 46.9 Å². The molecule has 1 fully saturated rings. The molecule has 2 aromatic rings. The lowest BCUT2D eigenvalue weighted by atomic mass is 10.0. The SMILES string of the molecule is CCOC(=O)N1CCC(NCc2cn[nH]c2-c2ccc(C)c(C)c2)CC1. The van der Waals surface area contributed by atoms with E-state index in [1.807, 2.05) is 13.1 Å². The normalized spacial score (nSPS) is 15.3. The molecule has 26 heavy (non-hydrogen) atoms. The van der Waals surface area contributed by atoms with Gasteiger partial charge in [-0.2, -0.15) is 5.10 Å². The number of carbonyl (C=O) groups excluding carboxylic acids is 1. The van der Waals surface area contributed by atoms with Gasteiger partial charge in [0.2, 0.25) is 0 Å². The molecule has 1 aromatic carbocycles. The van der Waals surface area contributed by atoms with Gasteiger partial charge < -0.3 is 15.0 Å². The van der Waals surface area contributed by atoms with E-state index in [0.29, 0.717) is 12.6 Å². The van der Waals surface area contributed by atoms with Crippen LogP contribution in [0.2, 0.25) is 0 Å². The Morgan fingerprint density at radius 2 is 2.08 bits per heavy atom. The zero-order chi connectivity index (χ0) is 18.5. The highest BCUT2D eigenvalue weighted by atomic mass is 16.6. The van der Waals surface area contributed by atoms with E-state index >= 15 is 0 Å². The first kappa shape index (κ1) is 18.5. The van der Waals surface area contributed by atoms with Crippen molar-refractivity contribution in [2.75, 3.05) is 19.7 Å². The molecule has 0 saturated carbocycles. The zero-order valence-corrected chi connectivity index (χ0v) is 15.8. The zero-order valence-electron chi connectivity index (χ0n) is 15.8. The van der Waals surface area contributed by atoms with Gasteiger partial charge in [0.25, 0.3) is 0 Å². The number of hydrogen-bond acceptors (Lipinski definition) is 4. The molecule has 140 valence electrons. The number of benzene rings is 1. The maximum atomic E-state index is 11.8. The van der Waals surface area contributed by atoms with E-state index in [1.165, 1.54) is 22.3 Å². The molecule has 3 rings (SSSR count). The average Bonchev–Trinajstić information content (AvgIpc) is 3.11. The van der Waals surface area contributed by atoms with Crippen molar-refractivity contribution in [2.24, 2.45) is 0 Å². The number of likely N-dealkylation sites (tertiary alicyclic amines) is 1. The molecular formula is C20H28N4O2. The number of aromatic nitrogens is 2. The Bertz CT molecular complexity index is 748. The minimum absolute atomic E-state index is 0.196. The van der Waals surface area contributed by atoms with Crippen LogP contribution in [0, 0.1) is 13.8 Å². The number of hydrogen-bond donors (Lipinski definition) is 2. The molecule has 0 spiro atoms. The molecule has 2 heterocycles. The first-order chi connectivity index (χ1) is 12.6. The summed E-state index contributed by atoms with van der Waals surface area (Å²) in [7, 11) is 0. The highest BCUT2D eigenvalue weighted by Gasteiger charge is 2.23. The third kappa shape index (κ3) is 4.25. The van der Waals surface area contributed by atoms with Gasteiger partial charge in [0.05, 0.1) is 18.5 Å². The number of H-pyrrole nitrogens is 1. The molecular weight excluding hydrogens is 328 g/mol. The monoisotopic (exact) mass is 356 g/mol. The van der Waals surface area contributed by atoms with Crippen LogP contribution in [0.1, 0.15) is 36.5 Å². The summed E-state index contributed by atoms with van der Waals surface area (Å²) in [5.74, 6) is 0. The van der Waals surface area contributed by atoms with Crippen LogP contribution in [0.25, 0.3) is 11.3 Å².